The quantitative estimate of drug-likeness (QED) is 0.848. The van der Waals surface area contributed by atoms with Crippen LogP contribution in [0.1, 0.15) is 42.8 Å². The maximum atomic E-state index is 12.5. The van der Waals surface area contributed by atoms with Crippen LogP contribution in [0.15, 0.2) is 40.8 Å². The van der Waals surface area contributed by atoms with Crippen LogP contribution in [0.25, 0.3) is 0 Å². The maximum Gasteiger partial charge on any atom is 0.222 e. The van der Waals surface area contributed by atoms with E-state index in [4.69, 9.17) is 9.15 Å². The molecule has 2 aliphatic rings. The molecule has 0 saturated carbocycles. The Hall–Kier alpha value is -2.31. The number of amides is 1. The van der Waals surface area contributed by atoms with Crippen LogP contribution in [0.4, 0.5) is 5.69 Å². The number of nitrogens with one attached hydrogen (secondary N) is 2. The molecule has 1 aromatic heterocycles. The number of anilines is 1. The molecule has 6 heteroatoms. The lowest BCUT2D eigenvalue weighted by Gasteiger charge is -2.37. The number of likely N-dealkylation sites (tertiary alicyclic amines) is 1. The van der Waals surface area contributed by atoms with Gasteiger partial charge in [-0.3, -0.25) is 9.69 Å². The summed E-state index contributed by atoms with van der Waals surface area (Å²) in [6.45, 7) is 3.83. The topological polar surface area (TPSA) is 66.7 Å². The summed E-state index contributed by atoms with van der Waals surface area (Å²) >= 11 is 0. The molecule has 28 heavy (non-hydrogen) atoms. The number of carbonyl (C=O) groups is 1. The minimum atomic E-state index is -0.195. The van der Waals surface area contributed by atoms with Gasteiger partial charge in [0.25, 0.3) is 0 Å². The molecule has 150 valence electrons. The minimum absolute atomic E-state index is 0.130. The number of rotatable bonds is 4. The number of hydrogen-bond acceptors (Lipinski definition) is 5. The lowest BCUT2D eigenvalue weighted by atomic mass is 9.85. The zero-order valence-corrected chi connectivity index (χ0v) is 16.5. The third kappa shape index (κ3) is 4.39. The molecule has 1 spiro atoms. The van der Waals surface area contributed by atoms with E-state index >= 15 is 0 Å². The lowest BCUT2D eigenvalue weighted by molar-refractivity contribution is -0.122. The monoisotopic (exact) mass is 383 g/mol. The van der Waals surface area contributed by atoms with Crippen LogP contribution in [0, 0.1) is 0 Å². The van der Waals surface area contributed by atoms with Crippen LogP contribution in [-0.4, -0.2) is 36.5 Å². The Morgan fingerprint density at radius 1 is 1.14 bits per heavy atom. The van der Waals surface area contributed by atoms with Gasteiger partial charge in [0.15, 0.2) is 0 Å². The Morgan fingerprint density at radius 3 is 2.89 bits per heavy atom. The molecule has 1 saturated heterocycles. The first-order valence-electron chi connectivity index (χ1n) is 10.1. The second-order valence-corrected chi connectivity index (χ2v) is 7.95. The second kappa shape index (κ2) is 8.37. The van der Waals surface area contributed by atoms with E-state index < -0.39 is 0 Å². The Bertz CT molecular complexity index is 819. The molecule has 1 aromatic carbocycles. The largest absolute Gasteiger partial charge is 0.462 e. The van der Waals surface area contributed by atoms with Crippen molar-refractivity contribution in [3.63, 3.8) is 0 Å². The summed E-state index contributed by atoms with van der Waals surface area (Å²) in [5.41, 5.74) is 2.10. The molecule has 1 amide bonds. The van der Waals surface area contributed by atoms with Crippen molar-refractivity contribution >= 4 is 11.6 Å². The van der Waals surface area contributed by atoms with Crippen molar-refractivity contribution in [2.24, 2.45) is 0 Å². The molecule has 2 aromatic rings. The van der Waals surface area contributed by atoms with Gasteiger partial charge in [0.2, 0.25) is 5.91 Å². The first-order valence-corrected chi connectivity index (χ1v) is 10.1. The van der Waals surface area contributed by atoms with Gasteiger partial charge in [-0.1, -0.05) is 18.2 Å². The number of methoxy groups -OCH3 is 1. The first-order chi connectivity index (χ1) is 13.7. The summed E-state index contributed by atoms with van der Waals surface area (Å²) in [5.74, 6) is 1.96. The maximum absolute atomic E-state index is 12.5. The van der Waals surface area contributed by atoms with Crippen molar-refractivity contribution in [3.05, 3.63) is 53.5 Å². The molecule has 0 bridgehead atoms. The van der Waals surface area contributed by atoms with Crippen molar-refractivity contribution < 1.29 is 13.9 Å². The SMILES string of the molecule is COCc1ccc(CN2CCC[C@@]3(CC2)CC(=O)NCc2ccccc2N3)o1. The number of furan rings is 1. The predicted octanol–water partition coefficient (Wildman–Crippen LogP) is 3.28. The average Bonchev–Trinajstić information content (AvgIpc) is 3.02. The fraction of sp³-hybridized carbons (Fsp3) is 0.500. The van der Waals surface area contributed by atoms with Gasteiger partial charge in [0, 0.05) is 37.8 Å². The number of benzene rings is 1. The van der Waals surface area contributed by atoms with E-state index in [1.165, 1.54) is 0 Å². The molecule has 1 fully saturated rings. The number of hydrogen-bond donors (Lipinski definition) is 2. The fourth-order valence-corrected chi connectivity index (χ4v) is 4.35. The van der Waals surface area contributed by atoms with E-state index in [0.29, 0.717) is 19.6 Å². The van der Waals surface area contributed by atoms with Gasteiger partial charge in [-0.05, 0) is 49.6 Å². The predicted molar refractivity (Wildman–Crippen MR) is 108 cm³/mol. The number of para-hydroxylation sites is 1. The molecule has 3 heterocycles. The summed E-state index contributed by atoms with van der Waals surface area (Å²) in [6, 6.07) is 12.3. The molecule has 0 unspecified atom stereocenters. The van der Waals surface area contributed by atoms with Crippen LogP contribution in [0.5, 0.6) is 0 Å². The molecular formula is C22H29N3O3. The molecule has 1 atom stereocenters. The van der Waals surface area contributed by atoms with Crippen LogP contribution in [0.2, 0.25) is 0 Å². The number of ether oxygens (including phenoxy) is 1. The van der Waals surface area contributed by atoms with Gasteiger partial charge in [-0.25, -0.2) is 0 Å². The summed E-state index contributed by atoms with van der Waals surface area (Å²) in [5, 5.41) is 6.84. The van der Waals surface area contributed by atoms with Gasteiger partial charge >= 0.3 is 0 Å². The van der Waals surface area contributed by atoms with Crippen molar-refractivity contribution in [2.75, 3.05) is 25.5 Å². The highest BCUT2D eigenvalue weighted by atomic mass is 16.5. The smallest absolute Gasteiger partial charge is 0.222 e. The normalized spacial score (nSPS) is 23.2. The van der Waals surface area contributed by atoms with Crippen molar-refractivity contribution in [1.82, 2.24) is 10.2 Å². The molecule has 2 N–H and O–H groups in total. The van der Waals surface area contributed by atoms with E-state index in [-0.39, 0.29) is 11.4 Å². The van der Waals surface area contributed by atoms with Crippen LogP contribution in [-0.2, 0) is 29.2 Å². The zero-order valence-electron chi connectivity index (χ0n) is 16.5. The molecule has 4 rings (SSSR count). The molecule has 6 nitrogen and oxygen atoms in total. The minimum Gasteiger partial charge on any atom is -0.462 e. The lowest BCUT2D eigenvalue weighted by Crippen LogP contribution is -2.46. The highest BCUT2D eigenvalue weighted by Crippen LogP contribution is 2.33. The Balaban J connectivity index is 1.46. The molecule has 2 aliphatic heterocycles. The Kier molecular flexibility index (Phi) is 5.69. The third-order valence-electron chi connectivity index (χ3n) is 5.81. The van der Waals surface area contributed by atoms with Gasteiger partial charge in [0.1, 0.15) is 18.1 Å². The van der Waals surface area contributed by atoms with Crippen molar-refractivity contribution in [3.8, 4) is 0 Å². The standard InChI is InChI=1S/C22H29N3O3/c1-27-16-19-8-7-18(28-19)15-25-11-4-9-22(10-12-25)13-21(26)23-14-17-5-2-3-6-20(17)24-22/h2-3,5-8,24H,4,9-16H2,1H3,(H,23,26)/t22-/m1/s1. The Labute approximate surface area is 166 Å². The van der Waals surface area contributed by atoms with Crippen molar-refractivity contribution in [1.29, 1.82) is 0 Å². The number of nitrogens with zero attached hydrogens (tertiary/aromatic N) is 1. The van der Waals surface area contributed by atoms with E-state index in [9.17, 15) is 4.79 Å². The van der Waals surface area contributed by atoms with Crippen LogP contribution in [0.3, 0.4) is 0 Å². The summed E-state index contributed by atoms with van der Waals surface area (Å²) in [7, 11) is 1.67. The van der Waals surface area contributed by atoms with Gasteiger partial charge < -0.3 is 19.8 Å². The van der Waals surface area contributed by atoms with Gasteiger partial charge in [0.05, 0.1) is 6.54 Å². The van der Waals surface area contributed by atoms with E-state index in [0.717, 1.165) is 61.7 Å². The summed E-state index contributed by atoms with van der Waals surface area (Å²) in [6.07, 6.45) is 3.49. The second-order valence-electron chi connectivity index (χ2n) is 7.95. The highest BCUT2D eigenvalue weighted by molar-refractivity contribution is 5.79. The zero-order chi connectivity index (χ0) is 19.4. The molecule has 0 aliphatic carbocycles. The van der Waals surface area contributed by atoms with Gasteiger partial charge in [-0.2, -0.15) is 0 Å². The average molecular weight is 383 g/mol. The fourth-order valence-electron chi connectivity index (χ4n) is 4.35. The van der Waals surface area contributed by atoms with Gasteiger partial charge in [-0.15, -0.1) is 0 Å². The molecular weight excluding hydrogens is 354 g/mol. The van der Waals surface area contributed by atoms with E-state index in [1.807, 2.05) is 18.2 Å². The van der Waals surface area contributed by atoms with Crippen molar-refractivity contribution in [2.45, 2.75) is 50.9 Å². The molecule has 0 radical (unpaired) electrons. The highest BCUT2D eigenvalue weighted by Gasteiger charge is 2.36. The summed E-state index contributed by atoms with van der Waals surface area (Å²) < 4.78 is 11.0. The van der Waals surface area contributed by atoms with Crippen LogP contribution < -0.4 is 10.6 Å². The Morgan fingerprint density at radius 2 is 2.00 bits per heavy atom. The van der Waals surface area contributed by atoms with E-state index in [2.05, 4.69) is 33.7 Å². The van der Waals surface area contributed by atoms with E-state index in [1.54, 1.807) is 7.11 Å². The summed E-state index contributed by atoms with van der Waals surface area (Å²) in [4.78, 5) is 14.9. The third-order valence-corrected chi connectivity index (χ3v) is 5.81. The first kappa shape index (κ1) is 19.0. The van der Waals surface area contributed by atoms with Crippen LogP contribution >= 0.6 is 0 Å². The number of carbonyl (C=O) groups excluding carboxylic acids is 1. The number of fused-ring (bicyclic) bond motifs is 1.